The summed E-state index contributed by atoms with van der Waals surface area (Å²) in [4.78, 5) is 13.4. The number of likely N-dealkylation sites (tertiary alicyclic amines) is 1. The molecule has 30 heavy (non-hydrogen) atoms. The number of methoxy groups -OCH3 is 1. The molecule has 1 aliphatic heterocycles. The van der Waals surface area contributed by atoms with Crippen molar-refractivity contribution in [3.63, 3.8) is 0 Å². The fourth-order valence-corrected chi connectivity index (χ4v) is 4.03. The van der Waals surface area contributed by atoms with Gasteiger partial charge in [0.2, 0.25) is 0 Å². The van der Waals surface area contributed by atoms with Crippen molar-refractivity contribution in [2.45, 2.75) is 57.8 Å². The molecule has 0 aromatic heterocycles. The lowest BCUT2D eigenvalue weighted by atomic mass is 10.0. The molecule has 1 heterocycles. The van der Waals surface area contributed by atoms with E-state index in [1.165, 1.54) is 10.5 Å². The lowest BCUT2D eigenvalue weighted by molar-refractivity contribution is 0.103. The topological polar surface area (TPSA) is 71.0 Å². The van der Waals surface area contributed by atoms with E-state index in [9.17, 15) is 9.90 Å². The average molecular weight is 413 g/mol. The van der Waals surface area contributed by atoms with Crippen LogP contribution in [0.15, 0.2) is 48.5 Å². The number of benzene rings is 2. The van der Waals surface area contributed by atoms with Gasteiger partial charge in [-0.1, -0.05) is 38.1 Å². The fourth-order valence-electron chi connectivity index (χ4n) is 4.03. The average Bonchev–Trinajstić information content (AvgIpc) is 3.06. The molecule has 6 heteroatoms. The molecule has 0 spiro atoms. The molecule has 162 valence electrons. The van der Waals surface area contributed by atoms with Gasteiger partial charge in [-0.3, -0.25) is 4.90 Å². The summed E-state index contributed by atoms with van der Waals surface area (Å²) in [5.74, 6) is 2.04. The molecule has 3 rings (SSSR count). The van der Waals surface area contributed by atoms with Crippen LogP contribution in [0.2, 0.25) is 0 Å². The number of hydrogen-bond acceptors (Lipinski definition) is 4. The Labute approximate surface area is 178 Å². The lowest BCUT2D eigenvalue weighted by Crippen LogP contribution is -2.48. The normalized spacial score (nSPS) is 21.1. The van der Waals surface area contributed by atoms with E-state index in [1.54, 1.807) is 7.11 Å². The van der Waals surface area contributed by atoms with Crippen LogP contribution >= 0.6 is 0 Å². The molecule has 1 saturated heterocycles. The highest BCUT2D eigenvalue weighted by atomic mass is 16.5. The SMILES string of the molecule is COc1ccc(CN[C@H]2C[C@@H](C)N(C(=O)O)[C@H]2COc2ccc(C(C)C)cc2)cc1. The zero-order valence-electron chi connectivity index (χ0n) is 18.2. The molecule has 2 aromatic carbocycles. The molecule has 1 fully saturated rings. The number of nitrogens with one attached hydrogen (secondary N) is 1. The van der Waals surface area contributed by atoms with Crippen molar-refractivity contribution in [3.8, 4) is 11.5 Å². The molecule has 1 aliphatic rings. The first-order chi connectivity index (χ1) is 14.4. The molecular formula is C24H32N2O4. The molecule has 2 aromatic rings. The first kappa shape index (κ1) is 22.0. The Morgan fingerprint density at radius 3 is 2.33 bits per heavy atom. The van der Waals surface area contributed by atoms with Crippen LogP contribution in [-0.2, 0) is 6.54 Å². The van der Waals surface area contributed by atoms with Crippen LogP contribution < -0.4 is 14.8 Å². The number of hydrogen-bond donors (Lipinski definition) is 2. The van der Waals surface area contributed by atoms with E-state index in [1.807, 2.05) is 43.3 Å². The van der Waals surface area contributed by atoms with Crippen molar-refractivity contribution in [1.29, 1.82) is 0 Å². The maximum absolute atomic E-state index is 11.9. The minimum absolute atomic E-state index is 0.0214. The minimum atomic E-state index is -0.903. The molecule has 0 saturated carbocycles. The van der Waals surface area contributed by atoms with Gasteiger partial charge in [0, 0.05) is 18.6 Å². The molecule has 2 N–H and O–H groups in total. The number of carbonyl (C=O) groups is 1. The van der Waals surface area contributed by atoms with Crippen LogP contribution in [-0.4, -0.2) is 47.9 Å². The van der Waals surface area contributed by atoms with Crippen LogP contribution in [0, 0.1) is 0 Å². The standard InChI is InChI=1S/C24H32N2O4/c1-16(2)19-7-11-21(12-8-19)30-15-23-22(13-17(3)26(23)24(27)28)25-14-18-5-9-20(29-4)10-6-18/h5-12,16-17,22-23,25H,13-15H2,1-4H3,(H,27,28)/t17-,22+,23+/m1/s1. The second-order valence-electron chi connectivity index (χ2n) is 8.21. The van der Waals surface area contributed by atoms with Gasteiger partial charge < -0.3 is 19.9 Å². The molecule has 0 unspecified atom stereocenters. The van der Waals surface area contributed by atoms with Gasteiger partial charge in [-0.2, -0.15) is 0 Å². The van der Waals surface area contributed by atoms with E-state index in [4.69, 9.17) is 9.47 Å². The monoisotopic (exact) mass is 412 g/mol. The fraction of sp³-hybridized carbons (Fsp3) is 0.458. The maximum Gasteiger partial charge on any atom is 0.407 e. The number of rotatable bonds is 8. The Kier molecular flexibility index (Phi) is 7.21. The summed E-state index contributed by atoms with van der Waals surface area (Å²) in [6.45, 7) is 7.24. The minimum Gasteiger partial charge on any atom is -0.497 e. The number of carboxylic acid groups (broad SMARTS) is 1. The van der Waals surface area contributed by atoms with Crippen molar-refractivity contribution < 1.29 is 19.4 Å². The molecule has 0 bridgehead atoms. The van der Waals surface area contributed by atoms with E-state index in [0.717, 1.165) is 23.5 Å². The number of nitrogens with zero attached hydrogens (tertiary/aromatic N) is 1. The highest BCUT2D eigenvalue weighted by Crippen LogP contribution is 2.27. The first-order valence-electron chi connectivity index (χ1n) is 10.5. The summed E-state index contributed by atoms with van der Waals surface area (Å²) in [6, 6.07) is 15.6. The third-order valence-electron chi connectivity index (χ3n) is 5.81. The summed E-state index contributed by atoms with van der Waals surface area (Å²) in [5, 5.41) is 13.3. The summed E-state index contributed by atoms with van der Waals surface area (Å²) in [6.07, 6.45) is -0.150. The Morgan fingerprint density at radius 2 is 1.77 bits per heavy atom. The molecule has 1 amide bonds. The second kappa shape index (κ2) is 9.85. The third-order valence-corrected chi connectivity index (χ3v) is 5.81. The molecular weight excluding hydrogens is 380 g/mol. The smallest absolute Gasteiger partial charge is 0.407 e. The molecule has 6 nitrogen and oxygen atoms in total. The number of ether oxygens (including phenoxy) is 2. The van der Waals surface area contributed by atoms with Crippen molar-refractivity contribution in [1.82, 2.24) is 10.2 Å². The molecule has 3 atom stereocenters. The van der Waals surface area contributed by atoms with Gasteiger partial charge in [-0.25, -0.2) is 4.79 Å². The second-order valence-corrected chi connectivity index (χ2v) is 8.21. The van der Waals surface area contributed by atoms with Gasteiger partial charge >= 0.3 is 6.09 Å². The van der Waals surface area contributed by atoms with Gasteiger partial charge in [-0.05, 0) is 54.7 Å². The van der Waals surface area contributed by atoms with E-state index in [2.05, 4.69) is 31.3 Å². The van der Waals surface area contributed by atoms with Crippen LogP contribution in [0.25, 0.3) is 0 Å². The molecule has 0 aliphatic carbocycles. The highest BCUT2D eigenvalue weighted by molar-refractivity contribution is 5.66. The first-order valence-corrected chi connectivity index (χ1v) is 10.5. The van der Waals surface area contributed by atoms with Crippen LogP contribution in [0.3, 0.4) is 0 Å². The quantitative estimate of drug-likeness (QED) is 0.668. The zero-order valence-corrected chi connectivity index (χ0v) is 18.2. The predicted octanol–water partition coefficient (Wildman–Crippen LogP) is 4.50. The summed E-state index contributed by atoms with van der Waals surface area (Å²) in [5.41, 5.74) is 2.38. The Hall–Kier alpha value is -2.73. The maximum atomic E-state index is 11.9. The van der Waals surface area contributed by atoms with Gasteiger partial charge in [0.1, 0.15) is 18.1 Å². The predicted molar refractivity (Wildman–Crippen MR) is 117 cm³/mol. The van der Waals surface area contributed by atoms with Crippen molar-refractivity contribution in [3.05, 3.63) is 59.7 Å². The zero-order chi connectivity index (χ0) is 21.7. The summed E-state index contributed by atoms with van der Waals surface area (Å²) in [7, 11) is 1.65. The summed E-state index contributed by atoms with van der Waals surface area (Å²) < 4.78 is 11.2. The Bertz CT molecular complexity index is 820. The van der Waals surface area contributed by atoms with Crippen molar-refractivity contribution >= 4 is 6.09 Å². The van der Waals surface area contributed by atoms with Crippen molar-refractivity contribution in [2.24, 2.45) is 0 Å². The Morgan fingerprint density at radius 1 is 1.13 bits per heavy atom. The molecule has 0 radical (unpaired) electrons. The van der Waals surface area contributed by atoms with E-state index >= 15 is 0 Å². The van der Waals surface area contributed by atoms with E-state index in [0.29, 0.717) is 19.1 Å². The lowest BCUT2D eigenvalue weighted by Gasteiger charge is -2.28. The third kappa shape index (κ3) is 5.25. The largest absolute Gasteiger partial charge is 0.497 e. The van der Waals surface area contributed by atoms with Crippen molar-refractivity contribution in [2.75, 3.05) is 13.7 Å². The van der Waals surface area contributed by atoms with Crippen LogP contribution in [0.1, 0.15) is 44.2 Å². The van der Waals surface area contributed by atoms with Gasteiger partial charge in [-0.15, -0.1) is 0 Å². The summed E-state index contributed by atoms with van der Waals surface area (Å²) >= 11 is 0. The van der Waals surface area contributed by atoms with Gasteiger partial charge in [0.15, 0.2) is 0 Å². The van der Waals surface area contributed by atoms with E-state index in [-0.39, 0.29) is 18.1 Å². The number of amides is 1. The Balaban J connectivity index is 1.65. The van der Waals surface area contributed by atoms with Crippen LogP contribution in [0.4, 0.5) is 4.79 Å². The van der Waals surface area contributed by atoms with Crippen LogP contribution in [0.5, 0.6) is 11.5 Å². The highest BCUT2D eigenvalue weighted by Gasteiger charge is 2.42. The van der Waals surface area contributed by atoms with Gasteiger partial charge in [0.05, 0.1) is 13.2 Å². The van der Waals surface area contributed by atoms with E-state index < -0.39 is 6.09 Å². The van der Waals surface area contributed by atoms with Gasteiger partial charge in [0.25, 0.3) is 0 Å².